The van der Waals surface area contributed by atoms with Crippen LogP contribution in [0, 0.1) is 5.41 Å². The van der Waals surface area contributed by atoms with Gasteiger partial charge in [0.15, 0.2) is 0 Å². The van der Waals surface area contributed by atoms with Crippen molar-refractivity contribution < 1.29 is 0 Å². The van der Waals surface area contributed by atoms with Gasteiger partial charge in [0.25, 0.3) is 0 Å². The van der Waals surface area contributed by atoms with Crippen LogP contribution in [0.4, 0.5) is 0 Å². The van der Waals surface area contributed by atoms with E-state index in [1.165, 1.54) is 0 Å². The molecule has 1 saturated carbocycles. The Morgan fingerprint density at radius 1 is 1.67 bits per heavy atom. The summed E-state index contributed by atoms with van der Waals surface area (Å²) in [4.78, 5) is 0. The van der Waals surface area contributed by atoms with Crippen LogP contribution in [-0.4, -0.2) is 4.33 Å². The fourth-order valence-corrected chi connectivity index (χ4v) is 1.46. The molecule has 1 fully saturated rings. The maximum Gasteiger partial charge on any atom is 0.128 e. The first-order valence-electron chi connectivity index (χ1n) is 2.77. The molecule has 2 heteroatoms. The molecule has 0 aromatic heterocycles. The summed E-state index contributed by atoms with van der Waals surface area (Å²) in [6.45, 7) is 5.45. The summed E-state index contributed by atoms with van der Waals surface area (Å²) < 4.78 is -0.558. The predicted octanol–water partition coefficient (Wildman–Crippen LogP) is 2.91. The third-order valence-corrected chi connectivity index (χ3v) is 2.85. The van der Waals surface area contributed by atoms with Gasteiger partial charge in [-0.1, -0.05) is 13.5 Å². The van der Waals surface area contributed by atoms with Gasteiger partial charge in [0.1, 0.15) is 4.33 Å². The molecule has 1 rings (SSSR count). The van der Waals surface area contributed by atoms with Crippen LogP contribution in [0.1, 0.15) is 13.3 Å². The molecule has 0 radical (unpaired) electrons. The fraction of sp³-hybridized carbons (Fsp3) is 0.571. The van der Waals surface area contributed by atoms with E-state index in [4.69, 9.17) is 23.2 Å². The van der Waals surface area contributed by atoms with E-state index in [0.717, 1.165) is 6.42 Å². The average Bonchev–Trinajstić information content (AvgIpc) is 2.07. The van der Waals surface area contributed by atoms with Crippen molar-refractivity contribution in [3.63, 3.8) is 0 Å². The molecule has 0 heterocycles. The second-order valence-electron chi connectivity index (χ2n) is 2.65. The number of alkyl halides is 2. The minimum Gasteiger partial charge on any atom is -0.132 e. The molecule has 0 bridgehead atoms. The lowest BCUT2D eigenvalue weighted by atomic mass is 10.1. The van der Waals surface area contributed by atoms with Crippen LogP contribution in [0.5, 0.6) is 0 Å². The minimum atomic E-state index is -0.558. The lowest BCUT2D eigenvalue weighted by Gasteiger charge is -2.01. The number of halogens is 2. The molecule has 0 spiro atoms. The summed E-state index contributed by atoms with van der Waals surface area (Å²) >= 11 is 11.6. The van der Waals surface area contributed by atoms with Gasteiger partial charge in [-0.25, -0.2) is 0 Å². The van der Waals surface area contributed by atoms with Crippen molar-refractivity contribution in [2.75, 3.05) is 0 Å². The summed E-state index contributed by atoms with van der Waals surface area (Å²) in [5.74, 6) is 0. The highest BCUT2D eigenvalue weighted by Gasteiger charge is 2.61. The molecule has 0 nitrogen and oxygen atoms in total. The van der Waals surface area contributed by atoms with Crippen molar-refractivity contribution in [2.24, 2.45) is 5.41 Å². The quantitative estimate of drug-likeness (QED) is 0.411. The van der Waals surface area contributed by atoms with Crippen molar-refractivity contribution in [3.8, 4) is 0 Å². The number of rotatable bonds is 1. The molecule has 0 saturated heterocycles. The molecule has 0 amide bonds. The van der Waals surface area contributed by atoms with Crippen LogP contribution in [-0.2, 0) is 0 Å². The second-order valence-corrected chi connectivity index (χ2v) is 4.13. The van der Waals surface area contributed by atoms with Crippen LogP contribution in [0.2, 0.25) is 0 Å². The summed E-state index contributed by atoms with van der Waals surface area (Å²) in [7, 11) is 0. The SMILES string of the molecule is C=C=CC1(C)CC1(Cl)Cl. The second kappa shape index (κ2) is 1.79. The molecule has 1 unspecified atom stereocenters. The monoisotopic (exact) mass is 162 g/mol. The Kier molecular flexibility index (Phi) is 1.43. The zero-order valence-electron chi connectivity index (χ0n) is 5.25. The topological polar surface area (TPSA) is 0 Å². The number of allylic oxidation sites excluding steroid dienone is 1. The highest BCUT2D eigenvalue weighted by atomic mass is 35.5. The van der Waals surface area contributed by atoms with Gasteiger partial charge in [0.2, 0.25) is 0 Å². The van der Waals surface area contributed by atoms with E-state index in [0.29, 0.717) is 0 Å². The molecule has 0 aliphatic heterocycles. The van der Waals surface area contributed by atoms with Crippen molar-refractivity contribution in [1.29, 1.82) is 0 Å². The molecule has 1 aliphatic rings. The molecule has 50 valence electrons. The van der Waals surface area contributed by atoms with Gasteiger partial charge in [-0.2, -0.15) is 0 Å². The molecule has 0 aromatic rings. The normalized spacial score (nSPS) is 37.2. The van der Waals surface area contributed by atoms with Crippen LogP contribution in [0.3, 0.4) is 0 Å². The Labute approximate surface area is 65.2 Å². The maximum atomic E-state index is 5.79. The summed E-state index contributed by atoms with van der Waals surface area (Å²) in [6.07, 6.45) is 2.64. The minimum absolute atomic E-state index is 0.0716. The predicted molar refractivity (Wildman–Crippen MR) is 40.9 cm³/mol. The Balaban J connectivity index is 2.73. The van der Waals surface area contributed by atoms with E-state index in [1.54, 1.807) is 0 Å². The van der Waals surface area contributed by atoms with Crippen LogP contribution < -0.4 is 0 Å². The molecule has 0 N–H and O–H groups in total. The first kappa shape index (κ1) is 7.21. The van der Waals surface area contributed by atoms with Gasteiger partial charge >= 0.3 is 0 Å². The molecule has 1 aliphatic carbocycles. The molecular weight excluding hydrogens is 155 g/mol. The number of hydrogen-bond donors (Lipinski definition) is 0. The van der Waals surface area contributed by atoms with E-state index >= 15 is 0 Å². The number of hydrogen-bond acceptors (Lipinski definition) is 0. The highest BCUT2D eigenvalue weighted by molar-refractivity contribution is 6.51. The van der Waals surface area contributed by atoms with Crippen molar-refractivity contribution in [2.45, 2.75) is 17.7 Å². The van der Waals surface area contributed by atoms with Crippen LogP contribution >= 0.6 is 23.2 Å². The summed E-state index contributed by atoms with van der Waals surface area (Å²) in [5.41, 5.74) is 2.61. The zero-order chi connectivity index (χ0) is 7.12. The Morgan fingerprint density at radius 3 is 2.22 bits per heavy atom. The van der Waals surface area contributed by atoms with Gasteiger partial charge in [-0.05, 0) is 12.5 Å². The van der Waals surface area contributed by atoms with Gasteiger partial charge in [-0.3, -0.25) is 0 Å². The Hall–Kier alpha value is 0.100. The van der Waals surface area contributed by atoms with E-state index in [9.17, 15) is 0 Å². The van der Waals surface area contributed by atoms with Crippen molar-refractivity contribution >= 4 is 23.2 Å². The van der Waals surface area contributed by atoms with Crippen LogP contribution in [0.25, 0.3) is 0 Å². The first-order valence-corrected chi connectivity index (χ1v) is 3.52. The first-order chi connectivity index (χ1) is 4.02. The van der Waals surface area contributed by atoms with Crippen LogP contribution in [0.15, 0.2) is 18.4 Å². The van der Waals surface area contributed by atoms with Crippen molar-refractivity contribution in [3.05, 3.63) is 18.4 Å². The van der Waals surface area contributed by atoms with Gasteiger partial charge in [0.05, 0.1) is 0 Å². The molecular formula is C7H8Cl2. The van der Waals surface area contributed by atoms with Crippen molar-refractivity contribution in [1.82, 2.24) is 0 Å². The molecule has 0 aromatic carbocycles. The summed E-state index contributed by atoms with van der Waals surface area (Å²) in [5, 5.41) is 0. The standard InChI is InChI=1S/C7H8Cl2/c1-3-4-6(2)5-7(6,8)9/h4H,1,5H2,2H3. The lowest BCUT2D eigenvalue weighted by Crippen LogP contribution is -1.98. The van der Waals surface area contributed by atoms with Gasteiger partial charge < -0.3 is 0 Å². The molecule has 9 heavy (non-hydrogen) atoms. The largest absolute Gasteiger partial charge is 0.132 e. The third kappa shape index (κ3) is 1.03. The fourth-order valence-electron chi connectivity index (χ4n) is 0.799. The van der Waals surface area contributed by atoms with E-state index in [-0.39, 0.29) is 5.41 Å². The van der Waals surface area contributed by atoms with Gasteiger partial charge in [0, 0.05) is 5.41 Å². The Morgan fingerprint density at radius 2 is 2.11 bits per heavy atom. The Bertz CT molecular complexity index is 177. The summed E-state index contributed by atoms with van der Waals surface area (Å²) in [6, 6.07) is 0. The third-order valence-electron chi connectivity index (χ3n) is 1.72. The lowest BCUT2D eigenvalue weighted by molar-refractivity contribution is 0.735. The van der Waals surface area contributed by atoms with E-state index in [2.05, 4.69) is 12.3 Å². The average molecular weight is 163 g/mol. The molecule has 1 atom stereocenters. The van der Waals surface area contributed by atoms with Gasteiger partial charge in [-0.15, -0.1) is 28.9 Å². The zero-order valence-corrected chi connectivity index (χ0v) is 6.76. The smallest absolute Gasteiger partial charge is 0.128 e. The van der Waals surface area contributed by atoms with E-state index in [1.807, 2.05) is 13.0 Å². The van der Waals surface area contributed by atoms with E-state index < -0.39 is 4.33 Å². The highest BCUT2D eigenvalue weighted by Crippen LogP contribution is 2.64. The maximum absolute atomic E-state index is 5.79.